The zero-order valence-electron chi connectivity index (χ0n) is 13.8. The van der Waals surface area contributed by atoms with E-state index < -0.39 is 0 Å². The summed E-state index contributed by atoms with van der Waals surface area (Å²) in [5, 5.41) is 5.62. The minimum atomic E-state index is -0.110. The molecule has 0 aliphatic heterocycles. The molecule has 2 rings (SSSR count). The van der Waals surface area contributed by atoms with Crippen LogP contribution in [-0.2, 0) is 16.1 Å². The number of amides is 2. The first-order chi connectivity index (χ1) is 11.6. The Morgan fingerprint density at radius 1 is 1.04 bits per heavy atom. The molecule has 0 saturated carbocycles. The van der Waals surface area contributed by atoms with Gasteiger partial charge in [-0.1, -0.05) is 54.6 Å². The topological polar surface area (TPSA) is 58.2 Å². The van der Waals surface area contributed by atoms with Gasteiger partial charge in [0.05, 0.1) is 0 Å². The Morgan fingerprint density at radius 2 is 1.83 bits per heavy atom. The lowest BCUT2D eigenvalue weighted by Gasteiger charge is -2.07. The minimum absolute atomic E-state index is 0.0117. The fraction of sp³-hybridized carbons (Fsp3) is 0.200. The summed E-state index contributed by atoms with van der Waals surface area (Å²) < 4.78 is 0. The van der Waals surface area contributed by atoms with E-state index in [9.17, 15) is 9.59 Å². The van der Waals surface area contributed by atoms with Crippen molar-refractivity contribution in [2.45, 2.75) is 26.3 Å². The van der Waals surface area contributed by atoms with E-state index in [4.69, 9.17) is 0 Å². The average Bonchev–Trinajstić information content (AvgIpc) is 2.58. The van der Waals surface area contributed by atoms with Gasteiger partial charge in [-0.3, -0.25) is 9.59 Å². The molecule has 0 aliphatic carbocycles. The van der Waals surface area contributed by atoms with Crippen LogP contribution in [0.2, 0.25) is 0 Å². The van der Waals surface area contributed by atoms with E-state index in [1.807, 2.05) is 66.7 Å². The van der Waals surface area contributed by atoms with Crippen LogP contribution in [-0.4, -0.2) is 11.8 Å². The lowest BCUT2D eigenvalue weighted by Crippen LogP contribution is -2.22. The Hall–Kier alpha value is -2.88. The average molecular weight is 322 g/mol. The standard InChI is InChI=1S/C20H22N2O2/c1-16(23)22-19-12-7-11-18(14-19)15-21-20(24)13-6-5-10-17-8-3-2-4-9-17/h2-5,7-12,14H,6,13,15H2,1H3,(H,21,24)(H,22,23)/b10-5+. The van der Waals surface area contributed by atoms with Crippen molar-refractivity contribution < 1.29 is 9.59 Å². The zero-order valence-corrected chi connectivity index (χ0v) is 13.8. The summed E-state index contributed by atoms with van der Waals surface area (Å²) in [6, 6.07) is 17.5. The predicted octanol–water partition coefficient (Wildman–Crippen LogP) is 3.75. The number of allylic oxidation sites excluding steroid dienone is 1. The summed E-state index contributed by atoms with van der Waals surface area (Å²) in [6.07, 6.45) is 5.18. The molecule has 4 nitrogen and oxygen atoms in total. The van der Waals surface area contributed by atoms with Crippen molar-refractivity contribution in [3.05, 3.63) is 71.8 Å². The molecule has 0 unspecified atom stereocenters. The van der Waals surface area contributed by atoms with E-state index >= 15 is 0 Å². The molecule has 2 amide bonds. The van der Waals surface area contributed by atoms with Crippen LogP contribution in [0.3, 0.4) is 0 Å². The van der Waals surface area contributed by atoms with Crippen LogP contribution in [0.5, 0.6) is 0 Å². The van der Waals surface area contributed by atoms with Crippen LogP contribution in [0, 0.1) is 0 Å². The van der Waals surface area contributed by atoms with Crippen LogP contribution >= 0.6 is 0 Å². The third kappa shape index (κ3) is 6.48. The highest BCUT2D eigenvalue weighted by atomic mass is 16.2. The maximum atomic E-state index is 11.9. The summed E-state index contributed by atoms with van der Waals surface area (Å²) in [6.45, 7) is 1.92. The van der Waals surface area contributed by atoms with Crippen molar-refractivity contribution in [2.75, 3.05) is 5.32 Å². The van der Waals surface area contributed by atoms with Gasteiger partial charge in [0.25, 0.3) is 0 Å². The number of carbonyl (C=O) groups excluding carboxylic acids is 2. The predicted molar refractivity (Wildman–Crippen MR) is 97.3 cm³/mol. The maximum absolute atomic E-state index is 11.9. The summed E-state index contributed by atoms with van der Waals surface area (Å²) in [4.78, 5) is 22.9. The molecule has 0 bridgehead atoms. The molecule has 0 atom stereocenters. The molecule has 24 heavy (non-hydrogen) atoms. The SMILES string of the molecule is CC(=O)Nc1cccc(CNC(=O)CC/C=C/c2ccccc2)c1. The Kier molecular flexibility index (Phi) is 6.77. The number of nitrogens with one attached hydrogen (secondary N) is 2. The van der Waals surface area contributed by atoms with Crippen LogP contribution in [0.25, 0.3) is 6.08 Å². The third-order valence-corrected chi connectivity index (χ3v) is 3.38. The zero-order chi connectivity index (χ0) is 17.2. The van der Waals surface area contributed by atoms with Crippen LogP contribution in [0.1, 0.15) is 30.9 Å². The maximum Gasteiger partial charge on any atom is 0.221 e. The van der Waals surface area contributed by atoms with Gasteiger partial charge in [0.15, 0.2) is 0 Å². The molecule has 2 aromatic carbocycles. The van der Waals surface area contributed by atoms with Gasteiger partial charge in [-0.2, -0.15) is 0 Å². The van der Waals surface area contributed by atoms with Gasteiger partial charge in [-0.15, -0.1) is 0 Å². The molecule has 0 fully saturated rings. The van der Waals surface area contributed by atoms with E-state index in [0.29, 0.717) is 19.4 Å². The number of benzene rings is 2. The molecular weight excluding hydrogens is 300 g/mol. The van der Waals surface area contributed by atoms with Crippen molar-refractivity contribution >= 4 is 23.6 Å². The van der Waals surface area contributed by atoms with E-state index in [1.54, 1.807) is 0 Å². The van der Waals surface area contributed by atoms with Gasteiger partial charge < -0.3 is 10.6 Å². The molecule has 0 heterocycles. The van der Waals surface area contributed by atoms with Crippen molar-refractivity contribution in [1.29, 1.82) is 0 Å². The molecule has 4 heteroatoms. The summed E-state index contributed by atoms with van der Waals surface area (Å²) in [5.74, 6) is -0.0981. The number of carbonyl (C=O) groups is 2. The minimum Gasteiger partial charge on any atom is -0.352 e. The number of rotatable bonds is 7. The number of anilines is 1. The summed E-state index contributed by atoms with van der Waals surface area (Å²) >= 11 is 0. The quantitative estimate of drug-likeness (QED) is 0.815. The van der Waals surface area contributed by atoms with Crippen molar-refractivity contribution in [3.63, 3.8) is 0 Å². The fourth-order valence-electron chi connectivity index (χ4n) is 2.25. The lowest BCUT2D eigenvalue weighted by atomic mass is 10.1. The molecule has 0 aliphatic rings. The van der Waals surface area contributed by atoms with Gasteiger partial charge in [0.2, 0.25) is 11.8 Å². The Bertz CT molecular complexity index is 709. The molecule has 0 spiro atoms. The lowest BCUT2D eigenvalue weighted by molar-refractivity contribution is -0.121. The van der Waals surface area contributed by atoms with E-state index in [2.05, 4.69) is 10.6 Å². The van der Waals surface area contributed by atoms with Crippen LogP contribution < -0.4 is 10.6 Å². The van der Waals surface area contributed by atoms with Crippen LogP contribution in [0.15, 0.2) is 60.7 Å². The second-order valence-electron chi connectivity index (χ2n) is 5.51. The first-order valence-corrected chi connectivity index (χ1v) is 7.98. The first kappa shape index (κ1) is 17.5. The van der Waals surface area contributed by atoms with Gasteiger partial charge in [-0.05, 0) is 29.7 Å². The van der Waals surface area contributed by atoms with Crippen molar-refractivity contribution in [2.24, 2.45) is 0 Å². The van der Waals surface area contributed by atoms with Gasteiger partial charge >= 0.3 is 0 Å². The van der Waals surface area contributed by atoms with Crippen molar-refractivity contribution in [1.82, 2.24) is 5.32 Å². The van der Waals surface area contributed by atoms with Crippen molar-refractivity contribution in [3.8, 4) is 0 Å². The second kappa shape index (κ2) is 9.30. The first-order valence-electron chi connectivity index (χ1n) is 7.98. The molecule has 124 valence electrons. The second-order valence-corrected chi connectivity index (χ2v) is 5.51. The number of hydrogen-bond donors (Lipinski definition) is 2. The van der Waals surface area contributed by atoms with Gasteiger partial charge in [0, 0.05) is 25.6 Å². The Labute approximate surface area is 142 Å². The third-order valence-electron chi connectivity index (χ3n) is 3.38. The molecule has 0 saturated heterocycles. The number of hydrogen-bond acceptors (Lipinski definition) is 2. The highest BCUT2D eigenvalue weighted by molar-refractivity contribution is 5.88. The molecule has 0 aromatic heterocycles. The fourth-order valence-corrected chi connectivity index (χ4v) is 2.25. The van der Waals surface area contributed by atoms with Gasteiger partial charge in [0.1, 0.15) is 0 Å². The largest absolute Gasteiger partial charge is 0.352 e. The Morgan fingerprint density at radius 3 is 2.58 bits per heavy atom. The van der Waals surface area contributed by atoms with E-state index in [0.717, 1.165) is 16.8 Å². The molecular formula is C20H22N2O2. The van der Waals surface area contributed by atoms with Crippen LogP contribution in [0.4, 0.5) is 5.69 Å². The van der Waals surface area contributed by atoms with Gasteiger partial charge in [-0.25, -0.2) is 0 Å². The molecule has 0 radical (unpaired) electrons. The highest BCUT2D eigenvalue weighted by Gasteiger charge is 2.01. The van der Waals surface area contributed by atoms with E-state index in [-0.39, 0.29) is 11.8 Å². The monoisotopic (exact) mass is 322 g/mol. The summed E-state index contributed by atoms with van der Waals surface area (Å²) in [5.41, 5.74) is 2.82. The molecule has 2 aromatic rings. The Balaban J connectivity index is 1.73. The summed E-state index contributed by atoms with van der Waals surface area (Å²) in [7, 11) is 0. The highest BCUT2D eigenvalue weighted by Crippen LogP contribution is 2.10. The normalized spacial score (nSPS) is 10.5. The van der Waals surface area contributed by atoms with E-state index in [1.165, 1.54) is 6.92 Å². The smallest absolute Gasteiger partial charge is 0.221 e. The molecule has 2 N–H and O–H groups in total.